The highest BCUT2D eigenvalue weighted by Gasteiger charge is 2.55. The number of carbonyl (C=O) groups excluding carboxylic acids is 3. The minimum atomic E-state index is -1.07. The SMILES string of the molecule is CO[C@@H]1[C@H](N(C)C(=O)CNC(=O)OCc2ccccc2)C[C@H]2O[C@]1(C)n1c3ccccc3c3c4c(c5c6ccccc6n2c5c31)C(=O)NC4. The summed E-state index contributed by atoms with van der Waals surface area (Å²) in [6.07, 6.45) is -1.36. The molecule has 49 heavy (non-hydrogen) atoms. The number of alkyl carbamates (subject to hydrolysis) is 1. The van der Waals surface area contributed by atoms with Crippen molar-refractivity contribution in [3.8, 4) is 0 Å². The van der Waals surface area contributed by atoms with Gasteiger partial charge < -0.3 is 38.9 Å². The van der Waals surface area contributed by atoms with Crippen molar-refractivity contribution in [3.63, 3.8) is 0 Å². The van der Waals surface area contributed by atoms with E-state index in [-0.39, 0.29) is 25.0 Å². The second-order valence-electron chi connectivity index (χ2n) is 13.2. The summed E-state index contributed by atoms with van der Waals surface area (Å²) in [6, 6.07) is 25.3. The lowest BCUT2D eigenvalue weighted by molar-refractivity contribution is -0.266. The van der Waals surface area contributed by atoms with Crippen molar-refractivity contribution in [2.24, 2.45) is 0 Å². The number of aromatic nitrogens is 2. The standard InChI is InChI=1S/C38H35N5O6/c1-38-35(47-3)27(41(2)28(44)19-40-37(46)48-20-21-11-5-4-6-12-21)17-29(49-38)42-25-15-9-7-13-22(25)31-32-24(18-39-36(32)45)30-23-14-8-10-16-26(23)43(38)34(30)33(31)42/h4-16,27,29,35H,17-20H2,1-3H3,(H,39,45)(H,40,46)/t27-,29-,35-,38+/m1/s1. The number of ether oxygens (including phenoxy) is 3. The number of benzene rings is 4. The van der Waals surface area contributed by atoms with Crippen LogP contribution in [0.25, 0.3) is 43.6 Å². The maximum atomic E-state index is 13.8. The van der Waals surface area contributed by atoms with E-state index in [1.807, 2.05) is 61.5 Å². The first kappa shape index (κ1) is 29.7. The molecule has 9 rings (SSSR count). The van der Waals surface area contributed by atoms with Gasteiger partial charge in [0.25, 0.3) is 5.91 Å². The van der Waals surface area contributed by atoms with Gasteiger partial charge in [0.15, 0.2) is 5.72 Å². The molecule has 3 aliphatic heterocycles. The van der Waals surface area contributed by atoms with Gasteiger partial charge in [-0.2, -0.15) is 0 Å². The molecular weight excluding hydrogens is 622 g/mol. The largest absolute Gasteiger partial charge is 0.445 e. The Morgan fingerprint density at radius 2 is 1.67 bits per heavy atom. The zero-order valence-corrected chi connectivity index (χ0v) is 27.4. The van der Waals surface area contributed by atoms with Gasteiger partial charge in [-0.15, -0.1) is 0 Å². The minimum Gasteiger partial charge on any atom is -0.445 e. The normalized spacial score (nSPS) is 22.4. The van der Waals surface area contributed by atoms with Crippen LogP contribution in [0.4, 0.5) is 4.79 Å². The number of likely N-dealkylation sites (N-methyl/N-ethyl adjacent to an activating group) is 1. The summed E-state index contributed by atoms with van der Waals surface area (Å²) < 4.78 is 23.3. The first-order valence-electron chi connectivity index (χ1n) is 16.5. The van der Waals surface area contributed by atoms with Gasteiger partial charge >= 0.3 is 6.09 Å². The van der Waals surface area contributed by atoms with Crippen molar-refractivity contribution in [1.29, 1.82) is 0 Å². The molecule has 2 N–H and O–H groups in total. The molecule has 248 valence electrons. The molecule has 4 atom stereocenters. The van der Waals surface area contributed by atoms with Crippen LogP contribution in [0, 0.1) is 0 Å². The van der Waals surface area contributed by atoms with Crippen LogP contribution in [0.5, 0.6) is 0 Å². The molecule has 11 nitrogen and oxygen atoms in total. The number of carbonyl (C=O) groups is 3. The van der Waals surface area contributed by atoms with Gasteiger partial charge in [-0.05, 0) is 30.2 Å². The molecule has 1 fully saturated rings. The molecule has 0 radical (unpaired) electrons. The molecule has 0 saturated carbocycles. The number of nitrogens with zero attached hydrogens (tertiary/aromatic N) is 3. The fourth-order valence-electron chi connectivity index (χ4n) is 8.62. The third kappa shape index (κ3) is 4.12. The number of para-hydroxylation sites is 2. The highest BCUT2D eigenvalue weighted by atomic mass is 16.6. The van der Waals surface area contributed by atoms with Gasteiger partial charge in [-0.3, -0.25) is 9.59 Å². The quantitative estimate of drug-likeness (QED) is 0.244. The van der Waals surface area contributed by atoms with E-state index < -0.39 is 30.2 Å². The van der Waals surface area contributed by atoms with Gasteiger partial charge in [-0.25, -0.2) is 4.79 Å². The van der Waals surface area contributed by atoms with Crippen LogP contribution in [-0.2, 0) is 37.9 Å². The monoisotopic (exact) mass is 657 g/mol. The van der Waals surface area contributed by atoms with Crippen LogP contribution in [0.3, 0.4) is 0 Å². The van der Waals surface area contributed by atoms with Crippen LogP contribution < -0.4 is 10.6 Å². The lowest BCUT2D eigenvalue weighted by Crippen LogP contribution is -2.62. The molecule has 3 aliphatic rings. The summed E-state index contributed by atoms with van der Waals surface area (Å²) in [5, 5.41) is 9.65. The van der Waals surface area contributed by atoms with E-state index in [4.69, 9.17) is 14.2 Å². The van der Waals surface area contributed by atoms with Crippen LogP contribution in [-0.4, -0.2) is 64.8 Å². The lowest BCUT2D eigenvalue weighted by atomic mass is 9.91. The second kappa shape index (κ2) is 10.8. The van der Waals surface area contributed by atoms with E-state index in [0.717, 1.165) is 54.7 Å². The fourth-order valence-corrected chi connectivity index (χ4v) is 8.62. The van der Waals surface area contributed by atoms with Gasteiger partial charge in [-0.1, -0.05) is 66.7 Å². The summed E-state index contributed by atoms with van der Waals surface area (Å²) in [5.74, 6) is -0.368. The van der Waals surface area contributed by atoms with Crippen molar-refractivity contribution in [2.45, 2.75) is 50.6 Å². The van der Waals surface area contributed by atoms with Crippen LogP contribution in [0.2, 0.25) is 0 Å². The summed E-state index contributed by atoms with van der Waals surface area (Å²) in [7, 11) is 3.39. The average molecular weight is 658 g/mol. The Morgan fingerprint density at radius 3 is 2.43 bits per heavy atom. The Labute approximate surface area is 281 Å². The number of nitrogens with one attached hydrogen (secondary N) is 2. The summed E-state index contributed by atoms with van der Waals surface area (Å²) >= 11 is 0. The molecule has 5 heterocycles. The van der Waals surface area contributed by atoms with E-state index >= 15 is 0 Å². The first-order valence-corrected chi connectivity index (χ1v) is 16.5. The molecular formula is C38H35N5O6. The molecule has 4 aromatic carbocycles. The highest BCUT2D eigenvalue weighted by Crippen LogP contribution is 2.54. The zero-order chi connectivity index (χ0) is 33.6. The Kier molecular flexibility index (Phi) is 6.56. The van der Waals surface area contributed by atoms with Gasteiger partial charge in [0.2, 0.25) is 5.91 Å². The zero-order valence-electron chi connectivity index (χ0n) is 27.4. The fraction of sp³-hybridized carbons (Fsp3) is 0.289. The van der Waals surface area contributed by atoms with Crippen molar-refractivity contribution in [3.05, 3.63) is 95.6 Å². The molecule has 0 spiro atoms. The Morgan fingerprint density at radius 1 is 0.980 bits per heavy atom. The summed E-state index contributed by atoms with van der Waals surface area (Å²) in [4.78, 5) is 41.6. The van der Waals surface area contributed by atoms with Gasteiger partial charge in [0.1, 0.15) is 25.5 Å². The van der Waals surface area contributed by atoms with Crippen molar-refractivity contribution >= 4 is 61.5 Å². The predicted octanol–water partition coefficient (Wildman–Crippen LogP) is 5.52. The number of hydrogen-bond acceptors (Lipinski definition) is 6. The van der Waals surface area contributed by atoms with E-state index in [2.05, 4.69) is 44.0 Å². The number of hydrogen-bond donors (Lipinski definition) is 2. The molecule has 2 aromatic heterocycles. The summed E-state index contributed by atoms with van der Waals surface area (Å²) in [5.41, 5.74) is 5.28. The first-order chi connectivity index (χ1) is 23.8. The summed E-state index contributed by atoms with van der Waals surface area (Å²) in [6.45, 7) is 2.33. The molecule has 1 saturated heterocycles. The number of rotatable bonds is 6. The molecule has 0 aliphatic carbocycles. The predicted molar refractivity (Wildman–Crippen MR) is 184 cm³/mol. The minimum absolute atomic E-state index is 0.0799. The van der Waals surface area contributed by atoms with Crippen molar-refractivity contribution in [2.75, 3.05) is 20.7 Å². The third-order valence-corrected chi connectivity index (χ3v) is 10.7. The number of fused-ring (bicyclic) bond motifs is 13. The molecule has 6 aromatic rings. The maximum Gasteiger partial charge on any atom is 0.407 e. The molecule has 3 amide bonds. The second-order valence-corrected chi connectivity index (χ2v) is 13.2. The Balaban J connectivity index is 1.17. The van der Waals surface area contributed by atoms with Crippen molar-refractivity contribution < 1.29 is 28.6 Å². The van der Waals surface area contributed by atoms with Crippen LogP contribution in [0.1, 0.15) is 41.1 Å². The molecule has 0 unspecified atom stereocenters. The number of amides is 3. The number of methoxy groups -OCH3 is 1. The lowest BCUT2D eigenvalue weighted by Gasteiger charge is -2.50. The van der Waals surface area contributed by atoms with Gasteiger partial charge in [0, 0.05) is 48.7 Å². The maximum absolute atomic E-state index is 13.8. The van der Waals surface area contributed by atoms with E-state index in [9.17, 15) is 14.4 Å². The Hall–Kier alpha value is -5.39. The van der Waals surface area contributed by atoms with E-state index in [1.54, 1.807) is 19.1 Å². The highest BCUT2D eigenvalue weighted by molar-refractivity contribution is 6.31. The van der Waals surface area contributed by atoms with Crippen LogP contribution in [0.15, 0.2) is 78.9 Å². The molecule has 2 bridgehead atoms. The molecule has 11 heteroatoms. The smallest absolute Gasteiger partial charge is 0.407 e. The Bertz CT molecular complexity index is 2360. The average Bonchev–Trinajstić information content (AvgIpc) is 3.77. The van der Waals surface area contributed by atoms with Crippen LogP contribution >= 0.6 is 0 Å². The topological polar surface area (TPSA) is 116 Å². The van der Waals surface area contributed by atoms with E-state index in [1.165, 1.54) is 0 Å². The van der Waals surface area contributed by atoms with Gasteiger partial charge in [0.05, 0.1) is 33.7 Å². The third-order valence-electron chi connectivity index (χ3n) is 10.7. The van der Waals surface area contributed by atoms with Crippen molar-refractivity contribution in [1.82, 2.24) is 24.7 Å². The van der Waals surface area contributed by atoms with E-state index in [0.29, 0.717) is 18.5 Å².